The van der Waals surface area contributed by atoms with Gasteiger partial charge >= 0.3 is 0 Å². The summed E-state index contributed by atoms with van der Waals surface area (Å²) in [6.07, 6.45) is 0. The lowest BCUT2D eigenvalue weighted by Gasteiger charge is -2.10. The van der Waals surface area contributed by atoms with Crippen molar-refractivity contribution in [3.8, 4) is 0 Å². The lowest BCUT2D eigenvalue weighted by molar-refractivity contribution is 0.745. The quantitative estimate of drug-likeness (QED) is 0.686. The molecule has 4 nitrogen and oxygen atoms in total. The van der Waals surface area contributed by atoms with Crippen molar-refractivity contribution < 1.29 is 0 Å². The van der Waals surface area contributed by atoms with Gasteiger partial charge in [0.25, 0.3) is 0 Å². The molecule has 1 aromatic heterocycles. The average Bonchev–Trinajstić information content (AvgIpc) is 2.12. The number of halogens is 3. The summed E-state index contributed by atoms with van der Waals surface area (Å²) < 4.78 is -1.68. The number of rotatable bonds is 3. The van der Waals surface area contributed by atoms with Gasteiger partial charge in [-0.05, 0) is 5.92 Å². The highest BCUT2D eigenvalue weighted by Gasteiger charge is 2.28. The van der Waals surface area contributed by atoms with E-state index in [2.05, 4.69) is 28.8 Å². The van der Waals surface area contributed by atoms with Crippen molar-refractivity contribution in [3.05, 3.63) is 5.82 Å². The van der Waals surface area contributed by atoms with E-state index in [-0.39, 0.29) is 11.8 Å². The Balaban J connectivity index is 2.90. The number of alkyl halides is 3. The Morgan fingerprint density at radius 3 is 2.38 bits per heavy atom. The lowest BCUT2D eigenvalue weighted by atomic mass is 10.3. The fourth-order valence-corrected chi connectivity index (χ4v) is 1.85. The summed E-state index contributed by atoms with van der Waals surface area (Å²) in [7, 11) is 0. The molecule has 0 amide bonds. The van der Waals surface area contributed by atoms with Crippen molar-refractivity contribution in [3.63, 3.8) is 0 Å². The van der Waals surface area contributed by atoms with Crippen LogP contribution in [0.25, 0.3) is 0 Å². The molecule has 0 fully saturated rings. The number of hydrogen-bond donors (Lipinski definition) is 1. The van der Waals surface area contributed by atoms with Crippen LogP contribution in [0.2, 0.25) is 0 Å². The minimum atomic E-state index is -1.68. The third-order valence-corrected chi connectivity index (χ3v) is 3.21. The highest BCUT2D eigenvalue weighted by atomic mass is 35.6. The zero-order valence-corrected chi connectivity index (χ0v) is 11.8. The number of anilines is 1. The SMILES string of the molecule is CC(C)CSc1nc(N)nc(C(Cl)(Cl)Cl)n1. The number of hydrogen-bond acceptors (Lipinski definition) is 5. The van der Waals surface area contributed by atoms with Gasteiger partial charge in [-0.1, -0.05) is 60.4 Å². The van der Waals surface area contributed by atoms with E-state index < -0.39 is 3.79 Å². The van der Waals surface area contributed by atoms with Crippen molar-refractivity contribution in [1.29, 1.82) is 0 Å². The normalized spacial score (nSPS) is 12.1. The second-order valence-corrected chi connectivity index (χ2v) is 6.77. The van der Waals surface area contributed by atoms with Crippen LogP contribution in [0, 0.1) is 5.92 Å². The van der Waals surface area contributed by atoms with Crippen LogP contribution in [-0.4, -0.2) is 20.7 Å². The van der Waals surface area contributed by atoms with E-state index in [1.807, 2.05) is 0 Å². The first-order valence-corrected chi connectivity index (χ1v) is 6.62. The first kappa shape index (κ1) is 14.1. The number of thioether (sulfide) groups is 1. The summed E-state index contributed by atoms with van der Waals surface area (Å²) in [6.45, 7) is 4.18. The summed E-state index contributed by atoms with van der Waals surface area (Å²) in [5.74, 6) is 1.49. The van der Waals surface area contributed by atoms with Crippen molar-refractivity contribution in [1.82, 2.24) is 15.0 Å². The molecular formula is C8H11Cl3N4S. The predicted molar refractivity (Wildman–Crippen MR) is 69.0 cm³/mol. The van der Waals surface area contributed by atoms with E-state index >= 15 is 0 Å². The van der Waals surface area contributed by atoms with Crippen molar-refractivity contribution in [2.24, 2.45) is 5.92 Å². The van der Waals surface area contributed by atoms with Gasteiger partial charge in [-0.25, -0.2) is 4.98 Å². The molecule has 0 radical (unpaired) electrons. The van der Waals surface area contributed by atoms with E-state index in [1.54, 1.807) is 0 Å². The molecule has 0 saturated carbocycles. The van der Waals surface area contributed by atoms with Crippen molar-refractivity contribution in [2.45, 2.75) is 22.8 Å². The summed E-state index contributed by atoms with van der Waals surface area (Å²) in [5, 5.41) is 0.475. The Bertz CT molecular complexity index is 367. The number of nitrogens with two attached hydrogens (primary N) is 1. The molecule has 0 bridgehead atoms. The summed E-state index contributed by atoms with van der Waals surface area (Å²) in [5.41, 5.74) is 5.51. The Hall–Kier alpha value is 0.0300. The van der Waals surface area contributed by atoms with Crippen LogP contribution in [0.5, 0.6) is 0 Å². The Morgan fingerprint density at radius 2 is 1.88 bits per heavy atom. The molecule has 0 unspecified atom stereocenters. The van der Waals surface area contributed by atoms with Gasteiger partial charge in [0, 0.05) is 5.75 Å². The molecule has 1 aromatic rings. The van der Waals surface area contributed by atoms with Crippen molar-refractivity contribution >= 4 is 52.5 Å². The fourth-order valence-electron chi connectivity index (χ4n) is 0.805. The molecule has 8 heteroatoms. The number of nitrogen functional groups attached to an aromatic ring is 1. The van der Waals surface area contributed by atoms with Crippen LogP contribution < -0.4 is 5.73 Å². The third kappa shape index (κ3) is 4.49. The molecule has 0 aromatic carbocycles. The summed E-state index contributed by atoms with van der Waals surface area (Å²) in [6, 6.07) is 0. The maximum atomic E-state index is 5.68. The van der Waals surface area contributed by atoms with Crippen LogP contribution in [0.15, 0.2) is 5.16 Å². The van der Waals surface area contributed by atoms with Gasteiger partial charge in [0.15, 0.2) is 11.0 Å². The lowest BCUT2D eigenvalue weighted by Crippen LogP contribution is -2.12. The molecule has 0 aliphatic rings. The summed E-state index contributed by atoms with van der Waals surface area (Å²) in [4.78, 5) is 11.8. The third-order valence-electron chi connectivity index (χ3n) is 1.43. The van der Waals surface area contributed by atoms with Gasteiger partial charge in [0.2, 0.25) is 9.74 Å². The molecule has 0 aliphatic carbocycles. The minimum Gasteiger partial charge on any atom is -0.368 e. The molecule has 1 heterocycles. The maximum Gasteiger partial charge on any atom is 0.250 e. The highest BCUT2D eigenvalue weighted by Crippen LogP contribution is 2.36. The van der Waals surface area contributed by atoms with Crippen LogP contribution >= 0.6 is 46.6 Å². The zero-order valence-electron chi connectivity index (χ0n) is 8.75. The number of aromatic nitrogens is 3. The first-order chi connectivity index (χ1) is 7.29. The highest BCUT2D eigenvalue weighted by molar-refractivity contribution is 7.99. The van der Waals surface area contributed by atoms with E-state index in [0.717, 1.165) is 5.75 Å². The molecule has 0 spiro atoms. The van der Waals surface area contributed by atoms with Gasteiger partial charge in [-0.3, -0.25) is 0 Å². The minimum absolute atomic E-state index is 0.0521. The second kappa shape index (κ2) is 5.58. The van der Waals surface area contributed by atoms with Gasteiger partial charge in [0.05, 0.1) is 0 Å². The molecule has 1 rings (SSSR count). The molecule has 0 atom stereocenters. The van der Waals surface area contributed by atoms with E-state index in [9.17, 15) is 0 Å². The smallest absolute Gasteiger partial charge is 0.250 e. The Kier molecular flexibility index (Phi) is 4.91. The average molecular weight is 302 g/mol. The largest absolute Gasteiger partial charge is 0.368 e. The summed E-state index contributed by atoms with van der Waals surface area (Å²) >= 11 is 18.5. The zero-order chi connectivity index (χ0) is 12.3. The molecule has 16 heavy (non-hydrogen) atoms. The monoisotopic (exact) mass is 300 g/mol. The van der Waals surface area contributed by atoms with Crippen LogP contribution in [0.3, 0.4) is 0 Å². The van der Waals surface area contributed by atoms with Crippen LogP contribution in [-0.2, 0) is 3.79 Å². The van der Waals surface area contributed by atoms with Gasteiger partial charge in [-0.15, -0.1) is 0 Å². The van der Waals surface area contributed by atoms with Crippen LogP contribution in [0.4, 0.5) is 5.95 Å². The van der Waals surface area contributed by atoms with Gasteiger partial charge in [0.1, 0.15) is 0 Å². The first-order valence-electron chi connectivity index (χ1n) is 4.50. The molecule has 0 saturated heterocycles. The van der Waals surface area contributed by atoms with Gasteiger partial charge in [-0.2, -0.15) is 9.97 Å². The standard InChI is InChI=1S/C8H11Cl3N4S/c1-4(2)3-16-7-14-5(8(9,10)11)13-6(12)15-7/h4H,3H2,1-2H3,(H2,12,13,14,15). The maximum absolute atomic E-state index is 5.68. The van der Waals surface area contributed by atoms with E-state index in [0.29, 0.717) is 11.1 Å². The van der Waals surface area contributed by atoms with Gasteiger partial charge < -0.3 is 5.73 Å². The molecule has 0 aliphatic heterocycles. The predicted octanol–water partition coefficient (Wildman–Crippen LogP) is 3.03. The Labute approximate surface area is 113 Å². The molecular weight excluding hydrogens is 291 g/mol. The van der Waals surface area contributed by atoms with Crippen LogP contribution in [0.1, 0.15) is 19.7 Å². The topological polar surface area (TPSA) is 64.7 Å². The molecule has 2 N–H and O–H groups in total. The van der Waals surface area contributed by atoms with Crippen molar-refractivity contribution in [2.75, 3.05) is 11.5 Å². The Morgan fingerprint density at radius 1 is 1.25 bits per heavy atom. The second-order valence-electron chi connectivity index (χ2n) is 3.50. The fraction of sp³-hybridized carbons (Fsp3) is 0.625. The van der Waals surface area contributed by atoms with E-state index in [4.69, 9.17) is 40.5 Å². The van der Waals surface area contributed by atoms with E-state index in [1.165, 1.54) is 11.8 Å². The molecule has 90 valence electrons. The number of nitrogens with zero attached hydrogens (tertiary/aromatic N) is 3.